The molecule has 0 radical (unpaired) electrons. The number of benzene rings is 1. The first-order valence-electron chi connectivity index (χ1n) is 7.13. The number of rotatable bonds is 8. The van der Waals surface area contributed by atoms with Gasteiger partial charge in [-0.1, -0.05) is 36.0 Å². The summed E-state index contributed by atoms with van der Waals surface area (Å²) in [5.41, 5.74) is 1.99. The first-order valence-corrected chi connectivity index (χ1v) is 8.12. The van der Waals surface area contributed by atoms with Crippen LogP contribution in [-0.4, -0.2) is 49.9 Å². The SMILES string of the molecule is C=CCN(CC=C)C(=O)CSc1nnnn1-c1cccc(C)c1. The number of nitrogens with zero attached hydrogens (tertiary/aromatic N) is 5. The van der Waals surface area contributed by atoms with Gasteiger partial charge < -0.3 is 4.90 Å². The Morgan fingerprint density at radius 2 is 2.09 bits per heavy atom. The predicted octanol–water partition coefficient (Wildman–Crippen LogP) is 2.26. The van der Waals surface area contributed by atoms with Crippen molar-refractivity contribution < 1.29 is 4.79 Å². The highest BCUT2D eigenvalue weighted by atomic mass is 32.2. The number of amides is 1. The van der Waals surface area contributed by atoms with E-state index >= 15 is 0 Å². The quantitative estimate of drug-likeness (QED) is 0.549. The summed E-state index contributed by atoms with van der Waals surface area (Å²) in [5, 5.41) is 12.3. The van der Waals surface area contributed by atoms with Crippen LogP contribution < -0.4 is 0 Å². The molecule has 0 bridgehead atoms. The maximum Gasteiger partial charge on any atom is 0.233 e. The summed E-state index contributed by atoms with van der Waals surface area (Å²) in [4.78, 5) is 13.9. The summed E-state index contributed by atoms with van der Waals surface area (Å²) in [6, 6.07) is 7.87. The van der Waals surface area contributed by atoms with Crippen LogP contribution in [0, 0.1) is 6.92 Å². The van der Waals surface area contributed by atoms with Gasteiger partial charge in [0.15, 0.2) is 0 Å². The van der Waals surface area contributed by atoms with Crippen molar-refractivity contribution in [3.8, 4) is 5.69 Å². The minimum absolute atomic E-state index is 0.00593. The molecule has 6 nitrogen and oxygen atoms in total. The topological polar surface area (TPSA) is 63.9 Å². The van der Waals surface area contributed by atoms with Crippen molar-refractivity contribution in [3.05, 3.63) is 55.1 Å². The van der Waals surface area contributed by atoms with Crippen LogP contribution in [0.5, 0.6) is 0 Å². The zero-order valence-electron chi connectivity index (χ0n) is 13.1. The van der Waals surface area contributed by atoms with Crippen molar-refractivity contribution in [2.75, 3.05) is 18.8 Å². The fraction of sp³-hybridized carbons (Fsp3) is 0.250. The monoisotopic (exact) mass is 329 g/mol. The zero-order chi connectivity index (χ0) is 16.7. The number of thioether (sulfide) groups is 1. The number of aryl methyl sites for hydroxylation is 1. The zero-order valence-corrected chi connectivity index (χ0v) is 13.9. The standard InChI is InChI=1S/C16H19N5OS/c1-4-9-20(10-5-2)15(22)12-23-16-17-18-19-21(16)14-8-6-7-13(3)11-14/h4-8,11H,1-2,9-10,12H2,3H3. The Hall–Kier alpha value is -2.41. The third kappa shape index (κ3) is 4.53. The number of carbonyl (C=O) groups is 1. The normalized spacial score (nSPS) is 10.3. The van der Waals surface area contributed by atoms with E-state index in [0.717, 1.165) is 11.3 Å². The molecule has 1 aromatic heterocycles. The summed E-state index contributed by atoms with van der Waals surface area (Å²) in [5.74, 6) is 0.252. The Labute approximate surface area is 139 Å². The van der Waals surface area contributed by atoms with Crippen molar-refractivity contribution >= 4 is 17.7 Å². The number of hydrogen-bond acceptors (Lipinski definition) is 5. The molecule has 0 aliphatic carbocycles. The minimum atomic E-state index is -0.00593. The summed E-state index contributed by atoms with van der Waals surface area (Å²) in [7, 11) is 0. The molecule has 0 N–H and O–H groups in total. The molecule has 0 saturated carbocycles. The lowest BCUT2D eigenvalue weighted by molar-refractivity contribution is -0.127. The van der Waals surface area contributed by atoms with Gasteiger partial charge in [-0.25, -0.2) is 0 Å². The highest BCUT2D eigenvalue weighted by Gasteiger charge is 2.15. The molecule has 2 aromatic rings. The van der Waals surface area contributed by atoms with Gasteiger partial charge in [0.2, 0.25) is 11.1 Å². The molecule has 0 aliphatic rings. The average molecular weight is 329 g/mol. The van der Waals surface area contributed by atoms with E-state index in [9.17, 15) is 4.79 Å². The van der Waals surface area contributed by atoms with Crippen LogP contribution in [0.15, 0.2) is 54.7 Å². The first-order chi connectivity index (χ1) is 11.2. The van der Waals surface area contributed by atoms with E-state index in [1.807, 2.05) is 31.2 Å². The lowest BCUT2D eigenvalue weighted by Crippen LogP contribution is -2.32. The van der Waals surface area contributed by atoms with Gasteiger partial charge in [-0.15, -0.1) is 18.3 Å². The number of aromatic nitrogens is 4. The van der Waals surface area contributed by atoms with Crippen molar-refractivity contribution in [1.82, 2.24) is 25.1 Å². The summed E-state index contributed by atoms with van der Waals surface area (Å²) >= 11 is 1.31. The van der Waals surface area contributed by atoms with E-state index in [1.165, 1.54) is 11.8 Å². The maximum absolute atomic E-state index is 12.3. The molecule has 0 aliphatic heterocycles. The molecule has 120 valence electrons. The summed E-state index contributed by atoms with van der Waals surface area (Å²) in [6.07, 6.45) is 3.39. The Bertz CT molecular complexity index is 687. The fourth-order valence-corrected chi connectivity index (χ4v) is 2.79. The average Bonchev–Trinajstić information content (AvgIpc) is 3.01. The second-order valence-electron chi connectivity index (χ2n) is 4.88. The van der Waals surface area contributed by atoms with Gasteiger partial charge >= 0.3 is 0 Å². The molecule has 1 amide bonds. The van der Waals surface area contributed by atoms with Crippen molar-refractivity contribution in [1.29, 1.82) is 0 Å². The van der Waals surface area contributed by atoms with Gasteiger partial charge in [0.1, 0.15) is 0 Å². The van der Waals surface area contributed by atoms with Gasteiger partial charge in [0, 0.05) is 13.1 Å². The van der Waals surface area contributed by atoms with Gasteiger partial charge in [0.05, 0.1) is 11.4 Å². The van der Waals surface area contributed by atoms with Crippen LogP contribution in [-0.2, 0) is 4.79 Å². The molecule has 2 rings (SSSR count). The van der Waals surface area contributed by atoms with Crippen LogP contribution in [0.3, 0.4) is 0 Å². The molecule has 1 heterocycles. The van der Waals surface area contributed by atoms with Crippen molar-refractivity contribution in [2.45, 2.75) is 12.1 Å². The Morgan fingerprint density at radius 1 is 1.35 bits per heavy atom. The maximum atomic E-state index is 12.3. The van der Waals surface area contributed by atoms with E-state index in [1.54, 1.807) is 21.7 Å². The van der Waals surface area contributed by atoms with E-state index in [-0.39, 0.29) is 11.7 Å². The molecule has 0 atom stereocenters. The molecule has 0 fully saturated rings. The highest BCUT2D eigenvalue weighted by Crippen LogP contribution is 2.19. The third-order valence-corrected chi connectivity index (χ3v) is 3.97. The first kappa shape index (κ1) is 17.0. The van der Waals surface area contributed by atoms with Gasteiger partial charge in [-0.3, -0.25) is 4.79 Å². The molecule has 0 saturated heterocycles. The molecule has 7 heteroatoms. The molecule has 1 aromatic carbocycles. The molecule has 0 unspecified atom stereocenters. The van der Waals surface area contributed by atoms with Gasteiger partial charge in [0.25, 0.3) is 0 Å². The second kappa shape index (κ2) is 8.28. The lowest BCUT2D eigenvalue weighted by atomic mass is 10.2. The number of tetrazole rings is 1. The predicted molar refractivity (Wildman–Crippen MR) is 91.6 cm³/mol. The fourth-order valence-electron chi connectivity index (χ4n) is 2.00. The summed E-state index contributed by atoms with van der Waals surface area (Å²) in [6.45, 7) is 10.3. The summed E-state index contributed by atoms with van der Waals surface area (Å²) < 4.78 is 1.64. The number of hydrogen-bond donors (Lipinski definition) is 0. The van der Waals surface area contributed by atoms with E-state index < -0.39 is 0 Å². The van der Waals surface area contributed by atoms with Gasteiger partial charge in [-0.2, -0.15) is 4.68 Å². The van der Waals surface area contributed by atoms with Crippen LogP contribution >= 0.6 is 11.8 Å². The van der Waals surface area contributed by atoms with Crippen LogP contribution in [0.1, 0.15) is 5.56 Å². The lowest BCUT2D eigenvalue weighted by Gasteiger charge is -2.18. The van der Waals surface area contributed by atoms with E-state index in [2.05, 4.69) is 28.7 Å². The van der Waals surface area contributed by atoms with Crippen molar-refractivity contribution in [2.24, 2.45) is 0 Å². The van der Waals surface area contributed by atoms with Crippen LogP contribution in [0.2, 0.25) is 0 Å². The Balaban J connectivity index is 2.07. The van der Waals surface area contributed by atoms with Crippen molar-refractivity contribution in [3.63, 3.8) is 0 Å². The highest BCUT2D eigenvalue weighted by molar-refractivity contribution is 7.99. The Kier molecular flexibility index (Phi) is 6.10. The van der Waals surface area contributed by atoms with E-state index in [0.29, 0.717) is 18.2 Å². The molecule has 23 heavy (non-hydrogen) atoms. The van der Waals surface area contributed by atoms with Crippen LogP contribution in [0.25, 0.3) is 5.69 Å². The molecule has 0 spiro atoms. The second-order valence-corrected chi connectivity index (χ2v) is 5.82. The van der Waals surface area contributed by atoms with E-state index in [4.69, 9.17) is 0 Å². The Morgan fingerprint density at radius 3 is 2.74 bits per heavy atom. The third-order valence-electron chi connectivity index (χ3n) is 3.06. The van der Waals surface area contributed by atoms with Crippen LogP contribution in [0.4, 0.5) is 0 Å². The van der Waals surface area contributed by atoms with Gasteiger partial charge in [-0.05, 0) is 35.0 Å². The largest absolute Gasteiger partial charge is 0.335 e. The minimum Gasteiger partial charge on any atom is -0.335 e. The smallest absolute Gasteiger partial charge is 0.233 e. The number of carbonyl (C=O) groups excluding carboxylic acids is 1. The molecular weight excluding hydrogens is 310 g/mol. The molecular formula is C16H19N5OS.